The maximum atomic E-state index is 5.93. The van der Waals surface area contributed by atoms with Crippen LogP contribution in [0.3, 0.4) is 0 Å². The molecular weight excluding hydrogens is 322 g/mol. The van der Waals surface area contributed by atoms with Crippen molar-refractivity contribution in [1.82, 2.24) is 0 Å². The van der Waals surface area contributed by atoms with Gasteiger partial charge >= 0.3 is 0 Å². The molecule has 0 saturated heterocycles. The number of hydrogen-bond donors (Lipinski definition) is 1. The molecule has 0 bridgehead atoms. The molecule has 4 heteroatoms. The molecular formula is C22H31N3O. The SMILES string of the molecule is CCCCCc1ccccc1/C(C)=N\OCc1c(C)cccc1N(C)N. The number of rotatable bonds is 9. The van der Waals surface area contributed by atoms with Crippen LogP contribution in [0, 0.1) is 6.92 Å². The van der Waals surface area contributed by atoms with E-state index in [9.17, 15) is 0 Å². The van der Waals surface area contributed by atoms with E-state index < -0.39 is 0 Å². The number of anilines is 1. The molecule has 4 nitrogen and oxygen atoms in total. The molecule has 0 amide bonds. The van der Waals surface area contributed by atoms with E-state index in [1.165, 1.54) is 30.4 Å². The van der Waals surface area contributed by atoms with Gasteiger partial charge in [0.15, 0.2) is 0 Å². The molecule has 2 aromatic carbocycles. The fraction of sp³-hybridized carbons (Fsp3) is 0.409. The van der Waals surface area contributed by atoms with Gasteiger partial charge in [-0.25, -0.2) is 5.84 Å². The zero-order valence-electron chi connectivity index (χ0n) is 16.5. The van der Waals surface area contributed by atoms with Gasteiger partial charge in [0.05, 0.1) is 11.4 Å². The Balaban J connectivity index is 2.10. The number of hydrazine groups is 1. The first-order valence-corrected chi connectivity index (χ1v) is 9.36. The van der Waals surface area contributed by atoms with Crippen molar-refractivity contribution in [2.45, 2.75) is 53.1 Å². The predicted octanol–water partition coefficient (Wildman–Crippen LogP) is 4.98. The second-order valence-corrected chi connectivity index (χ2v) is 6.75. The topological polar surface area (TPSA) is 50.8 Å². The largest absolute Gasteiger partial charge is 0.391 e. The fourth-order valence-electron chi connectivity index (χ4n) is 3.10. The van der Waals surface area contributed by atoms with E-state index in [0.29, 0.717) is 6.61 Å². The number of oxime groups is 1. The van der Waals surface area contributed by atoms with Gasteiger partial charge in [-0.05, 0) is 43.9 Å². The van der Waals surface area contributed by atoms with Gasteiger partial charge in [0.2, 0.25) is 0 Å². The van der Waals surface area contributed by atoms with E-state index in [4.69, 9.17) is 10.7 Å². The molecule has 0 aliphatic heterocycles. The van der Waals surface area contributed by atoms with Crippen molar-refractivity contribution in [1.29, 1.82) is 0 Å². The van der Waals surface area contributed by atoms with E-state index in [1.54, 1.807) is 5.01 Å². The third kappa shape index (κ3) is 5.33. The maximum absolute atomic E-state index is 5.93. The molecule has 2 rings (SSSR count). The van der Waals surface area contributed by atoms with Crippen molar-refractivity contribution in [3.8, 4) is 0 Å². The number of unbranched alkanes of at least 4 members (excludes halogenated alkanes) is 2. The van der Waals surface area contributed by atoms with Crippen LogP contribution >= 0.6 is 0 Å². The summed E-state index contributed by atoms with van der Waals surface area (Å²) in [6.45, 7) is 6.70. The van der Waals surface area contributed by atoms with Crippen LogP contribution in [0.5, 0.6) is 0 Å². The van der Waals surface area contributed by atoms with Gasteiger partial charge in [-0.2, -0.15) is 0 Å². The summed E-state index contributed by atoms with van der Waals surface area (Å²) >= 11 is 0. The van der Waals surface area contributed by atoms with Crippen LogP contribution in [0.1, 0.15) is 55.4 Å². The monoisotopic (exact) mass is 353 g/mol. The van der Waals surface area contributed by atoms with Crippen LogP contribution in [-0.4, -0.2) is 12.8 Å². The predicted molar refractivity (Wildman–Crippen MR) is 110 cm³/mol. The Morgan fingerprint density at radius 2 is 1.88 bits per heavy atom. The molecule has 0 heterocycles. The van der Waals surface area contributed by atoms with Crippen molar-refractivity contribution >= 4 is 11.4 Å². The van der Waals surface area contributed by atoms with Crippen molar-refractivity contribution in [3.05, 3.63) is 64.7 Å². The molecule has 0 radical (unpaired) electrons. The van der Waals surface area contributed by atoms with Gasteiger partial charge < -0.3 is 9.85 Å². The lowest BCUT2D eigenvalue weighted by Gasteiger charge is -2.18. The zero-order valence-corrected chi connectivity index (χ0v) is 16.5. The molecule has 0 atom stereocenters. The van der Waals surface area contributed by atoms with Gasteiger partial charge in [-0.15, -0.1) is 0 Å². The smallest absolute Gasteiger partial charge is 0.144 e. The highest BCUT2D eigenvalue weighted by Gasteiger charge is 2.09. The van der Waals surface area contributed by atoms with Gasteiger partial charge in [-0.1, -0.05) is 61.3 Å². The second kappa shape index (κ2) is 9.97. The number of nitrogens with two attached hydrogens (primary N) is 1. The van der Waals surface area contributed by atoms with Gasteiger partial charge in [0, 0.05) is 18.2 Å². The van der Waals surface area contributed by atoms with E-state index >= 15 is 0 Å². The number of hydrogen-bond acceptors (Lipinski definition) is 4. The van der Waals surface area contributed by atoms with Crippen molar-refractivity contribution in [2.24, 2.45) is 11.0 Å². The average Bonchev–Trinajstić information content (AvgIpc) is 2.63. The first-order valence-electron chi connectivity index (χ1n) is 9.36. The Morgan fingerprint density at radius 1 is 1.12 bits per heavy atom. The zero-order chi connectivity index (χ0) is 18.9. The summed E-state index contributed by atoms with van der Waals surface area (Å²) in [5.41, 5.74) is 6.58. The average molecular weight is 354 g/mol. The summed E-state index contributed by atoms with van der Waals surface area (Å²) in [5, 5.41) is 5.99. The van der Waals surface area contributed by atoms with Gasteiger partial charge in [0.1, 0.15) is 6.61 Å². The molecule has 2 N–H and O–H groups in total. The fourth-order valence-corrected chi connectivity index (χ4v) is 3.10. The molecule has 0 aromatic heterocycles. The summed E-state index contributed by atoms with van der Waals surface area (Å²) in [5.74, 6) is 5.93. The van der Waals surface area contributed by atoms with Crippen molar-refractivity contribution in [2.75, 3.05) is 12.1 Å². The normalized spacial score (nSPS) is 11.5. The Kier molecular flexibility index (Phi) is 7.67. The van der Waals surface area contributed by atoms with Crippen LogP contribution in [-0.2, 0) is 17.9 Å². The second-order valence-electron chi connectivity index (χ2n) is 6.75. The Hall–Kier alpha value is -2.33. The summed E-state index contributed by atoms with van der Waals surface area (Å²) in [4.78, 5) is 5.69. The van der Waals surface area contributed by atoms with Crippen LogP contribution in [0.15, 0.2) is 47.6 Å². The number of nitrogens with zero attached hydrogens (tertiary/aromatic N) is 2. The molecule has 0 saturated carbocycles. The molecule has 0 unspecified atom stereocenters. The molecule has 0 aliphatic carbocycles. The highest BCUT2D eigenvalue weighted by atomic mass is 16.6. The first-order chi connectivity index (χ1) is 12.5. The van der Waals surface area contributed by atoms with Gasteiger partial charge in [0.25, 0.3) is 0 Å². The summed E-state index contributed by atoms with van der Waals surface area (Å²) in [7, 11) is 1.83. The molecule has 26 heavy (non-hydrogen) atoms. The summed E-state index contributed by atoms with van der Waals surface area (Å²) in [6, 6.07) is 14.5. The minimum Gasteiger partial charge on any atom is -0.391 e. The van der Waals surface area contributed by atoms with E-state index in [2.05, 4.69) is 49.3 Å². The van der Waals surface area contributed by atoms with E-state index in [0.717, 1.165) is 28.9 Å². The van der Waals surface area contributed by atoms with Crippen molar-refractivity contribution in [3.63, 3.8) is 0 Å². The van der Waals surface area contributed by atoms with Crippen LogP contribution < -0.4 is 10.9 Å². The lowest BCUT2D eigenvalue weighted by molar-refractivity contribution is 0.130. The minimum atomic E-state index is 0.402. The first kappa shape index (κ1) is 20.0. The van der Waals surface area contributed by atoms with E-state index in [1.807, 2.05) is 26.1 Å². The molecule has 140 valence electrons. The lowest BCUT2D eigenvalue weighted by Crippen LogP contribution is -2.26. The molecule has 0 aliphatic rings. The van der Waals surface area contributed by atoms with E-state index in [-0.39, 0.29) is 0 Å². The minimum absolute atomic E-state index is 0.402. The Labute approximate surface area is 157 Å². The molecule has 2 aromatic rings. The van der Waals surface area contributed by atoms with Gasteiger partial charge in [-0.3, -0.25) is 0 Å². The Morgan fingerprint density at radius 3 is 2.62 bits per heavy atom. The lowest BCUT2D eigenvalue weighted by atomic mass is 9.99. The van der Waals surface area contributed by atoms with Crippen LogP contribution in [0.4, 0.5) is 5.69 Å². The summed E-state index contributed by atoms with van der Waals surface area (Å²) in [6.07, 6.45) is 4.77. The quantitative estimate of drug-likeness (QED) is 0.299. The van der Waals surface area contributed by atoms with Crippen molar-refractivity contribution < 1.29 is 4.84 Å². The molecule has 0 fully saturated rings. The maximum Gasteiger partial charge on any atom is 0.144 e. The Bertz CT molecular complexity index is 738. The third-order valence-electron chi connectivity index (χ3n) is 4.63. The third-order valence-corrected chi connectivity index (χ3v) is 4.63. The van der Waals surface area contributed by atoms with Crippen LogP contribution in [0.25, 0.3) is 0 Å². The highest BCUT2D eigenvalue weighted by Crippen LogP contribution is 2.22. The number of benzene rings is 2. The van der Waals surface area contributed by atoms with Crippen LogP contribution in [0.2, 0.25) is 0 Å². The molecule has 0 spiro atoms. The standard InChI is InChI=1S/C22H31N3O/c1-5-6-7-12-19-13-8-9-14-20(19)18(3)24-26-16-21-17(2)11-10-15-22(21)25(4)23/h8-11,13-15H,5-7,12,16,23H2,1-4H3/b24-18-. The number of aryl methyl sites for hydroxylation is 2. The highest BCUT2D eigenvalue weighted by molar-refractivity contribution is 5.99. The summed E-state index contributed by atoms with van der Waals surface area (Å²) < 4.78 is 0.